The van der Waals surface area contributed by atoms with Crippen LogP contribution in [0.3, 0.4) is 0 Å². The molecule has 2 heterocycles. The van der Waals surface area contributed by atoms with Crippen molar-refractivity contribution in [3.05, 3.63) is 238 Å². The quantitative estimate of drug-likeness (QED) is 0.141. The van der Waals surface area contributed by atoms with Gasteiger partial charge in [0.05, 0.1) is 77.7 Å². The van der Waals surface area contributed by atoms with Crippen LogP contribution in [-0.4, -0.2) is 9.13 Å². The lowest BCUT2D eigenvalue weighted by molar-refractivity contribution is -0.144. The van der Waals surface area contributed by atoms with Gasteiger partial charge in [-0.05, 0) is 189 Å². The third-order valence-corrected chi connectivity index (χ3v) is 16.6. The molecule has 2 nitrogen and oxygen atoms in total. The Morgan fingerprint density at radius 1 is 0.167 bits per heavy atom. The molecule has 0 amide bonds. The molecule has 0 saturated carbocycles. The monoisotopic (exact) mass is 1470 g/mol. The SMILES string of the molecule is FC(F)(F)c1cc(-c2ccc3c4ccc(-c5cc(C(F)(F)F)cc(C(F)(F)F)c5)cc4n(-c4ccc(C(F)(F)F)c(-c5cc(-n6c7cc(-c8cc(C(F)(F)F)cc(C(F)(F)F)c8)ccc7c7ccc(-c8cc(C(F)(F)F)cc(C(F)(F)F)c8)cc76)ccc5C(F)(F)F)c4)c3c2)cc(C(F)(F)F)c1. The van der Waals surface area contributed by atoms with Crippen LogP contribution >= 0.6 is 0 Å². The minimum absolute atomic E-state index is 0.154. The summed E-state index contributed by atoms with van der Waals surface area (Å²) in [5.74, 6) is 0. The molecule has 0 aliphatic heterocycles. The average molecular weight is 1470 g/mol. The molecule has 0 radical (unpaired) electrons. The number of hydrogen-bond acceptors (Lipinski definition) is 0. The first-order valence-corrected chi connectivity index (χ1v) is 28.6. The first-order chi connectivity index (χ1) is 46.8. The number of hydrogen-bond donors (Lipinski definition) is 0. The van der Waals surface area contributed by atoms with E-state index in [1.54, 1.807) is 0 Å². The number of fused-ring (bicyclic) bond motifs is 6. The molecule has 0 fully saturated rings. The smallest absolute Gasteiger partial charge is 0.309 e. The van der Waals surface area contributed by atoms with Gasteiger partial charge >= 0.3 is 61.8 Å². The van der Waals surface area contributed by atoms with E-state index in [0.717, 1.165) is 81.9 Å². The molecule has 0 atom stereocenters. The van der Waals surface area contributed by atoms with Crippen LogP contribution in [0.5, 0.6) is 0 Å². The maximum atomic E-state index is 15.8. The molecule has 102 heavy (non-hydrogen) atoms. The van der Waals surface area contributed by atoms with Crippen molar-refractivity contribution in [3.8, 4) is 67.0 Å². The zero-order valence-electron chi connectivity index (χ0n) is 49.6. The Balaban J connectivity index is 1.17. The molecule has 10 aromatic carbocycles. The van der Waals surface area contributed by atoms with Gasteiger partial charge in [0.1, 0.15) is 0 Å². The zero-order chi connectivity index (χ0) is 74.7. The second-order valence-corrected chi connectivity index (χ2v) is 23.2. The molecule has 2 aromatic heterocycles. The van der Waals surface area contributed by atoms with Crippen LogP contribution in [0.15, 0.2) is 182 Å². The summed E-state index contributed by atoms with van der Waals surface area (Å²) in [5, 5.41) is -0.750. The number of aromatic nitrogens is 2. The van der Waals surface area contributed by atoms with E-state index in [-0.39, 0.29) is 106 Å². The van der Waals surface area contributed by atoms with Crippen LogP contribution in [0, 0.1) is 0 Å². The Kier molecular flexibility index (Phi) is 16.6. The first-order valence-electron chi connectivity index (χ1n) is 28.6. The minimum Gasteiger partial charge on any atom is -0.309 e. The Morgan fingerprint density at radius 3 is 0.520 bits per heavy atom. The average Bonchev–Trinajstić information content (AvgIpc) is 1.56. The highest BCUT2D eigenvalue weighted by molar-refractivity contribution is 6.13. The lowest BCUT2D eigenvalue weighted by atomic mass is 9.93. The lowest BCUT2D eigenvalue weighted by Crippen LogP contribution is -2.13. The standard InChI is InChI=1S/C70H30F30N2/c71-61(72,73)39-13-35(14-40(25-39)62(74,75)76)31-1-7-49-50-8-2-32(36-15-41(63(77,78)79)26-42(16-36)64(80,81)82)22-58(50)101(57(49)21-31)47-5-11-55(69(95,96)97)53(29-47)54-30-48(6-12-56(54)70(98,99)100)102-59-23-33(37-17-43(65(83,84)85)27-44(18-37)66(86,87)88)3-9-51(59)52-10-4-34(24-60(52)102)38-19-45(67(89,90)91)28-46(20-38)68(92,93)94/h1-30H. The van der Waals surface area contributed by atoms with E-state index >= 15 is 26.3 Å². The van der Waals surface area contributed by atoms with Gasteiger partial charge < -0.3 is 9.13 Å². The second kappa shape index (κ2) is 23.6. The van der Waals surface area contributed by atoms with Crippen molar-refractivity contribution in [1.29, 1.82) is 0 Å². The number of benzene rings is 10. The van der Waals surface area contributed by atoms with E-state index in [1.165, 1.54) is 0 Å². The third kappa shape index (κ3) is 13.6. The van der Waals surface area contributed by atoms with Gasteiger partial charge in [-0.25, -0.2) is 0 Å². The highest BCUT2D eigenvalue weighted by Gasteiger charge is 2.44. The normalized spacial score (nSPS) is 13.6. The molecule has 0 aliphatic rings. The van der Waals surface area contributed by atoms with Gasteiger partial charge in [-0.1, -0.05) is 48.5 Å². The van der Waals surface area contributed by atoms with Crippen molar-refractivity contribution in [2.45, 2.75) is 61.8 Å². The van der Waals surface area contributed by atoms with Crippen molar-refractivity contribution < 1.29 is 132 Å². The Morgan fingerprint density at radius 2 is 0.353 bits per heavy atom. The number of halogens is 30. The molecule has 12 rings (SSSR count). The van der Waals surface area contributed by atoms with E-state index in [1.807, 2.05) is 0 Å². The largest absolute Gasteiger partial charge is 0.417 e. The molecule has 530 valence electrons. The molecule has 32 heteroatoms. The Hall–Kier alpha value is -10.3. The molecule has 0 N–H and O–H groups in total. The van der Waals surface area contributed by atoms with Gasteiger partial charge in [-0.15, -0.1) is 0 Å². The Bertz CT molecular complexity index is 4630. The van der Waals surface area contributed by atoms with Crippen molar-refractivity contribution in [2.24, 2.45) is 0 Å². The van der Waals surface area contributed by atoms with Crippen LogP contribution in [0.2, 0.25) is 0 Å². The maximum Gasteiger partial charge on any atom is 0.417 e. The van der Waals surface area contributed by atoms with E-state index in [9.17, 15) is 105 Å². The van der Waals surface area contributed by atoms with Crippen LogP contribution in [0.25, 0.3) is 111 Å². The second-order valence-electron chi connectivity index (χ2n) is 23.2. The van der Waals surface area contributed by atoms with Crippen molar-refractivity contribution >= 4 is 43.6 Å². The number of nitrogens with zero attached hydrogens (tertiary/aromatic N) is 2. The molecule has 0 aliphatic carbocycles. The van der Waals surface area contributed by atoms with E-state index in [4.69, 9.17) is 0 Å². The maximum absolute atomic E-state index is 15.8. The molecule has 0 bridgehead atoms. The van der Waals surface area contributed by atoms with Gasteiger partial charge in [0.15, 0.2) is 0 Å². The van der Waals surface area contributed by atoms with Crippen LogP contribution < -0.4 is 0 Å². The van der Waals surface area contributed by atoms with Gasteiger partial charge in [0, 0.05) is 32.9 Å². The summed E-state index contributed by atoms with van der Waals surface area (Å²) < 4.78 is 439. The van der Waals surface area contributed by atoms with Gasteiger partial charge in [0.25, 0.3) is 0 Å². The topological polar surface area (TPSA) is 9.86 Å². The lowest BCUT2D eigenvalue weighted by Gasteiger charge is -2.21. The molecular weight excluding hydrogens is 1440 g/mol. The fourth-order valence-corrected chi connectivity index (χ4v) is 12.1. The summed E-state index contributed by atoms with van der Waals surface area (Å²) in [6, 6.07) is 14.3. The number of rotatable bonds is 7. The van der Waals surface area contributed by atoms with Crippen molar-refractivity contribution in [1.82, 2.24) is 9.13 Å². The predicted octanol–water partition coefficient (Wildman–Crippen LogP) is 26.4. The first kappa shape index (κ1) is 71.5. The minimum atomic E-state index is -5.77. The molecule has 12 aromatic rings. The molecule has 0 saturated heterocycles. The summed E-state index contributed by atoms with van der Waals surface area (Å²) in [7, 11) is 0. The zero-order valence-corrected chi connectivity index (χ0v) is 49.6. The van der Waals surface area contributed by atoms with Crippen LogP contribution in [0.4, 0.5) is 132 Å². The summed E-state index contributed by atoms with van der Waals surface area (Å²) >= 11 is 0. The fourth-order valence-electron chi connectivity index (χ4n) is 12.1. The fraction of sp³-hybridized carbons (Fsp3) is 0.143. The van der Waals surface area contributed by atoms with E-state index < -0.39 is 206 Å². The van der Waals surface area contributed by atoms with Gasteiger partial charge in [-0.2, -0.15) is 132 Å². The van der Waals surface area contributed by atoms with Gasteiger partial charge in [0.2, 0.25) is 0 Å². The molecule has 0 spiro atoms. The summed E-state index contributed by atoms with van der Waals surface area (Å²) in [5.41, 5.74) is -31.1. The van der Waals surface area contributed by atoms with Crippen LogP contribution in [0.1, 0.15) is 55.6 Å². The molecular formula is C70H30F30N2. The highest BCUT2D eigenvalue weighted by Crippen LogP contribution is 2.51. The Labute approximate surface area is 549 Å². The summed E-state index contributed by atoms with van der Waals surface area (Å²) in [6.45, 7) is 0. The highest BCUT2D eigenvalue weighted by atomic mass is 19.4. The van der Waals surface area contributed by atoms with E-state index in [2.05, 4.69) is 0 Å². The third-order valence-electron chi connectivity index (χ3n) is 16.6. The van der Waals surface area contributed by atoms with Crippen molar-refractivity contribution in [2.75, 3.05) is 0 Å². The van der Waals surface area contributed by atoms with Gasteiger partial charge in [-0.3, -0.25) is 0 Å². The predicted molar refractivity (Wildman–Crippen MR) is 312 cm³/mol. The van der Waals surface area contributed by atoms with Crippen LogP contribution in [-0.2, 0) is 61.8 Å². The van der Waals surface area contributed by atoms with E-state index in [0.29, 0.717) is 24.3 Å². The summed E-state index contributed by atoms with van der Waals surface area (Å²) in [6.07, 6.45) is -55.4. The number of alkyl halides is 30. The van der Waals surface area contributed by atoms with Crippen molar-refractivity contribution in [3.63, 3.8) is 0 Å². The molecule has 0 unspecified atom stereocenters. The summed E-state index contributed by atoms with van der Waals surface area (Å²) in [4.78, 5) is 0.